The van der Waals surface area contributed by atoms with Gasteiger partial charge in [-0.25, -0.2) is 4.79 Å². The minimum absolute atomic E-state index is 0.0835. The molecule has 0 unspecified atom stereocenters. The van der Waals surface area contributed by atoms with E-state index in [4.69, 9.17) is 22.4 Å². The van der Waals surface area contributed by atoms with E-state index in [1.54, 1.807) is 10.7 Å². The number of hydrogen-bond donors (Lipinski definition) is 2. The van der Waals surface area contributed by atoms with Crippen LogP contribution in [-0.2, 0) is 13.1 Å². The lowest BCUT2D eigenvalue weighted by Crippen LogP contribution is -2.38. The van der Waals surface area contributed by atoms with Gasteiger partial charge >= 0.3 is 6.09 Å². The third kappa shape index (κ3) is 2.63. The number of carboxylic acid groups (broad SMARTS) is 1. The van der Waals surface area contributed by atoms with E-state index in [1.807, 2.05) is 19.1 Å². The minimum atomic E-state index is -1.03. The van der Waals surface area contributed by atoms with Gasteiger partial charge in [-0.05, 0) is 18.6 Å². The predicted octanol–water partition coefficient (Wildman–Crippen LogP) is 2.10. The van der Waals surface area contributed by atoms with Gasteiger partial charge in [-0.2, -0.15) is 5.10 Å². The van der Waals surface area contributed by atoms with Crippen molar-refractivity contribution in [2.24, 2.45) is 5.73 Å². The smallest absolute Gasteiger partial charge is 0.407 e. The van der Waals surface area contributed by atoms with Gasteiger partial charge in [0.1, 0.15) is 5.69 Å². The van der Waals surface area contributed by atoms with Crippen LogP contribution in [0, 0.1) is 6.92 Å². The van der Waals surface area contributed by atoms with E-state index >= 15 is 0 Å². The molecule has 23 heavy (non-hydrogen) atoms. The monoisotopic (exact) mass is 334 g/mol. The molecule has 0 spiro atoms. The van der Waals surface area contributed by atoms with Crippen LogP contribution in [0.4, 0.5) is 4.79 Å². The van der Waals surface area contributed by atoms with Gasteiger partial charge < -0.3 is 15.7 Å². The summed E-state index contributed by atoms with van der Waals surface area (Å²) in [6.07, 6.45) is -1.03. The number of aryl methyl sites for hydroxylation is 1. The molecule has 120 valence electrons. The quantitative estimate of drug-likeness (QED) is 0.878. The second kappa shape index (κ2) is 5.58. The molecule has 3 rings (SSSR count). The van der Waals surface area contributed by atoms with Gasteiger partial charge in [0.2, 0.25) is 0 Å². The van der Waals surface area contributed by atoms with Gasteiger partial charge in [-0.15, -0.1) is 0 Å². The number of nitrogens with two attached hydrogens (primary N) is 1. The molecule has 0 saturated carbocycles. The lowest BCUT2D eigenvalue weighted by molar-refractivity contribution is 0.0993. The molecular weight excluding hydrogens is 320 g/mol. The van der Waals surface area contributed by atoms with E-state index in [9.17, 15) is 9.59 Å². The van der Waals surface area contributed by atoms with Crippen LogP contribution in [0.3, 0.4) is 0 Å². The molecule has 1 aliphatic heterocycles. The number of benzene rings is 1. The summed E-state index contributed by atoms with van der Waals surface area (Å²) < 4.78 is 1.64. The summed E-state index contributed by atoms with van der Waals surface area (Å²) in [4.78, 5) is 24.3. The predicted molar refractivity (Wildman–Crippen MR) is 84.4 cm³/mol. The topological polar surface area (TPSA) is 101 Å². The Morgan fingerprint density at radius 2 is 2.09 bits per heavy atom. The molecule has 0 saturated heterocycles. The second-order valence-corrected chi connectivity index (χ2v) is 5.83. The van der Waals surface area contributed by atoms with Gasteiger partial charge in [-0.1, -0.05) is 23.7 Å². The Balaban J connectivity index is 2.14. The van der Waals surface area contributed by atoms with Gasteiger partial charge in [-0.3, -0.25) is 9.48 Å². The Morgan fingerprint density at radius 1 is 1.35 bits per heavy atom. The van der Waals surface area contributed by atoms with E-state index < -0.39 is 12.0 Å². The number of aromatic nitrogens is 2. The van der Waals surface area contributed by atoms with E-state index in [1.165, 1.54) is 4.90 Å². The number of amides is 2. The molecule has 1 aromatic carbocycles. The lowest BCUT2D eigenvalue weighted by atomic mass is 10.0. The van der Waals surface area contributed by atoms with Crippen molar-refractivity contribution in [1.82, 2.24) is 14.7 Å². The summed E-state index contributed by atoms with van der Waals surface area (Å²) in [5.74, 6) is -0.634. The molecule has 1 aliphatic rings. The van der Waals surface area contributed by atoms with Gasteiger partial charge in [0.05, 0.1) is 24.3 Å². The highest BCUT2D eigenvalue weighted by Gasteiger charge is 2.29. The van der Waals surface area contributed by atoms with Gasteiger partial charge in [0.25, 0.3) is 5.91 Å². The fourth-order valence-electron chi connectivity index (χ4n) is 2.68. The average Bonchev–Trinajstić information content (AvgIpc) is 2.88. The fraction of sp³-hybridized carbons (Fsp3) is 0.267. The first-order valence-electron chi connectivity index (χ1n) is 7.02. The number of carbonyl (C=O) groups is 2. The number of carbonyl (C=O) groups excluding carboxylic acids is 1. The zero-order chi connectivity index (χ0) is 16.7. The van der Waals surface area contributed by atoms with E-state index in [-0.39, 0.29) is 12.1 Å². The Labute approximate surface area is 137 Å². The maximum Gasteiger partial charge on any atom is 0.407 e. The van der Waals surface area contributed by atoms with Crippen LogP contribution >= 0.6 is 11.6 Å². The number of rotatable bonds is 2. The van der Waals surface area contributed by atoms with E-state index in [0.717, 1.165) is 5.56 Å². The van der Waals surface area contributed by atoms with E-state index in [0.29, 0.717) is 35.1 Å². The largest absolute Gasteiger partial charge is 0.465 e. The number of fused-ring (bicyclic) bond motifs is 1. The summed E-state index contributed by atoms with van der Waals surface area (Å²) in [6.45, 7) is 2.65. The standard InChI is InChI=1S/C15H15ClN4O3/c1-8-2-3-9(6-10(8)16)13-12(14(17)21)11-7-19(15(22)23)4-5-20(11)18-13/h2-3,6H,4-5,7H2,1H3,(H2,17,21)(H,22,23). The summed E-state index contributed by atoms with van der Waals surface area (Å²) in [6, 6.07) is 5.38. The van der Waals surface area contributed by atoms with Crippen molar-refractivity contribution in [3.05, 3.63) is 40.0 Å². The summed E-state index contributed by atoms with van der Waals surface area (Å²) in [5.41, 5.74) is 8.30. The first-order valence-corrected chi connectivity index (χ1v) is 7.40. The lowest BCUT2D eigenvalue weighted by Gasteiger charge is -2.25. The average molecular weight is 335 g/mol. The molecule has 2 aromatic rings. The second-order valence-electron chi connectivity index (χ2n) is 5.43. The van der Waals surface area contributed by atoms with Gasteiger partial charge in [0.15, 0.2) is 0 Å². The molecular formula is C15H15ClN4O3. The van der Waals surface area contributed by atoms with Crippen molar-refractivity contribution in [2.75, 3.05) is 6.54 Å². The summed E-state index contributed by atoms with van der Waals surface area (Å²) in [5, 5.41) is 14.2. The highest BCUT2D eigenvalue weighted by atomic mass is 35.5. The highest BCUT2D eigenvalue weighted by molar-refractivity contribution is 6.31. The van der Waals surface area contributed by atoms with E-state index in [2.05, 4.69) is 5.10 Å². The molecule has 1 aromatic heterocycles. The summed E-state index contributed by atoms with van der Waals surface area (Å²) in [7, 11) is 0. The third-order valence-corrected chi connectivity index (χ3v) is 4.35. The van der Waals surface area contributed by atoms with Crippen molar-refractivity contribution in [2.45, 2.75) is 20.0 Å². The number of hydrogen-bond acceptors (Lipinski definition) is 3. The van der Waals surface area contributed by atoms with Gasteiger partial charge in [0, 0.05) is 17.1 Å². The van der Waals surface area contributed by atoms with Crippen LogP contribution in [-0.4, -0.2) is 38.3 Å². The summed E-state index contributed by atoms with van der Waals surface area (Å²) >= 11 is 6.15. The zero-order valence-corrected chi connectivity index (χ0v) is 13.2. The molecule has 8 heteroatoms. The Kier molecular flexibility index (Phi) is 3.73. The molecule has 3 N–H and O–H groups in total. The number of halogens is 1. The Bertz CT molecular complexity index is 815. The van der Waals surface area contributed by atoms with Crippen LogP contribution < -0.4 is 5.73 Å². The molecule has 0 atom stereocenters. The minimum Gasteiger partial charge on any atom is -0.465 e. The van der Waals surface area contributed by atoms with Crippen LogP contribution in [0.1, 0.15) is 21.6 Å². The normalized spacial score (nSPS) is 13.7. The zero-order valence-electron chi connectivity index (χ0n) is 12.4. The van der Waals surface area contributed by atoms with Crippen LogP contribution in [0.5, 0.6) is 0 Å². The van der Waals surface area contributed by atoms with Crippen molar-refractivity contribution >= 4 is 23.6 Å². The van der Waals surface area contributed by atoms with Crippen LogP contribution in [0.15, 0.2) is 18.2 Å². The molecule has 0 radical (unpaired) electrons. The van der Waals surface area contributed by atoms with Crippen molar-refractivity contribution in [3.8, 4) is 11.3 Å². The van der Waals surface area contributed by atoms with Crippen LogP contribution in [0.25, 0.3) is 11.3 Å². The Hall–Kier alpha value is -2.54. The SMILES string of the molecule is Cc1ccc(-c2nn3c(c2C(N)=O)CN(C(=O)O)CC3)cc1Cl. The molecule has 2 heterocycles. The number of nitrogens with zero attached hydrogens (tertiary/aromatic N) is 3. The van der Waals surface area contributed by atoms with Crippen molar-refractivity contribution in [1.29, 1.82) is 0 Å². The molecule has 0 aliphatic carbocycles. The first kappa shape index (κ1) is 15.4. The maximum atomic E-state index is 11.9. The molecule has 2 amide bonds. The fourth-order valence-corrected chi connectivity index (χ4v) is 2.86. The molecule has 0 bridgehead atoms. The van der Waals surface area contributed by atoms with Crippen molar-refractivity contribution < 1.29 is 14.7 Å². The maximum absolute atomic E-state index is 11.9. The first-order chi connectivity index (χ1) is 10.9. The van der Waals surface area contributed by atoms with Crippen LogP contribution in [0.2, 0.25) is 5.02 Å². The highest BCUT2D eigenvalue weighted by Crippen LogP contribution is 2.30. The molecule has 7 nitrogen and oxygen atoms in total. The third-order valence-electron chi connectivity index (χ3n) is 3.94. The number of primary amides is 1. The Morgan fingerprint density at radius 3 is 2.70 bits per heavy atom. The molecule has 0 fully saturated rings. The van der Waals surface area contributed by atoms with Crippen molar-refractivity contribution in [3.63, 3.8) is 0 Å².